The highest BCUT2D eigenvalue weighted by atomic mass is 35.5. The molecule has 0 radical (unpaired) electrons. The average Bonchev–Trinajstić information content (AvgIpc) is 3.51. The highest BCUT2D eigenvalue weighted by molar-refractivity contribution is 6.30. The predicted molar refractivity (Wildman–Crippen MR) is 140 cm³/mol. The van der Waals surface area contributed by atoms with Gasteiger partial charge in [0.2, 0.25) is 0 Å². The number of hydrogen-bond acceptors (Lipinski definition) is 8. The Morgan fingerprint density at radius 2 is 1.82 bits per heavy atom. The van der Waals surface area contributed by atoms with Crippen molar-refractivity contribution < 1.29 is 23.0 Å². The highest BCUT2D eigenvalue weighted by Gasteiger charge is 2.45. The largest absolute Gasteiger partial charge is 0.467 e. The van der Waals surface area contributed by atoms with Crippen LogP contribution in [0.15, 0.2) is 6.20 Å². The number of pyridine rings is 1. The molecule has 0 aliphatic carbocycles. The number of hydrogen-bond donors (Lipinski definition) is 0. The molecule has 1 amide bonds. The second kappa shape index (κ2) is 10.6. The van der Waals surface area contributed by atoms with Gasteiger partial charge in [0.15, 0.2) is 11.0 Å². The van der Waals surface area contributed by atoms with E-state index < -0.39 is 17.6 Å². The number of anilines is 1. The SMILES string of the molecule is COc1nc(N2CC3CCC(C2)N3C(=O)OC(C)(C)C)c2cnc(Cl)c(F)c2n1.FC1CC2CCCN2C1. The van der Waals surface area contributed by atoms with Gasteiger partial charge in [-0.25, -0.2) is 18.6 Å². The fourth-order valence-corrected chi connectivity index (χ4v) is 6.19. The third-order valence-corrected chi connectivity index (χ3v) is 7.89. The number of halogens is 3. The van der Waals surface area contributed by atoms with Gasteiger partial charge < -0.3 is 14.4 Å². The van der Waals surface area contributed by atoms with E-state index in [2.05, 4.69) is 19.9 Å². The molecule has 12 heteroatoms. The lowest BCUT2D eigenvalue weighted by Crippen LogP contribution is -2.57. The van der Waals surface area contributed by atoms with E-state index in [-0.39, 0.29) is 34.9 Å². The first kappa shape index (κ1) is 27.1. The summed E-state index contributed by atoms with van der Waals surface area (Å²) in [6.07, 6.45) is 5.73. The first-order valence-corrected chi connectivity index (χ1v) is 13.6. The van der Waals surface area contributed by atoms with Gasteiger partial charge in [0.1, 0.15) is 23.1 Å². The van der Waals surface area contributed by atoms with E-state index in [1.54, 1.807) is 0 Å². The molecule has 6 heterocycles. The van der Waals surface area contributed by atoms with E-state index in [4.69, 9.17) is 21.1 Å². The summed E-state index contributed by atoms with van der Waals surface area (Å²) in [7, 11) is 1.43. The lowest BCUT2D eigenvalue weighted by molar-refractivity contribution is 0.0123. The van der Waals surface area contributed by atoms with Crippen LogP contribution < -0.4 is 9.64 Å². The molecule has 38 heavy (non-hydrogen) atoms. The highest BCUT2D eigenvalue weighted by Crippen LogP contribution is 2.37. The molecular formula is C26H35ClF2N6O3. The molecule has 2 aromatic rings. The minimum absolute atomic E-state index is 0.00952. The molecule has 0 saturated carbocycles. The molecular weight excluding hydrogens is 518 g/mol. The lowest BCUT2D eigenvalue weighted by Gasteiger charge is -2.42. The van der Waals surface area contributed by atoms with Gasteiger partial charge in [-0.05, 0) is 59.4 Å². The Kier molecular flexibility index (Phi) is 7.52. The number of piperazine rings is 1. The maximum absolute atomic E-state index is 14.5. The van der Waals surface area contributed by atoms with E-state index in [0.717, 1.165) is 25.8 Å². The van der Waals surface area contributed by atoms with Crippen LogP contribution in [0, 0.1) is 5.82 Å². The minimum Gasteiger partial charge on any atom is -0.467 e. The quantitative estimate of drug-likeness (QED) is 0.500. The second-order valence-corrected chi connectivity index (χ2v) is 11.8. The van der Waals surface area contributed by atoms with Gasteiger partial charge in [0, 0.05) is 31.9 Å². The fourth-order valence-electron chi connectivity index (χ4n) is 6.05. The van der Waals surface area contributed by atoms with E-state index >= 15 is 0 Å². The van der Waals surface area contributed by atoms with Crippen molar-refractivity contribution in [3.05, 3.63) is 17.2 Å². The number of ether oxygens (including phenoxy) is 2. The molecule has 4 saturated heterocycles. The molecule has 6 rings (SSSR count). The Bertz CT molecular complexity index is 1170. The van der Waals surface area contributed by atoms with Gasteiger partial charge in [0.25, 0.3) is 0 Å². The number of carbonyl (C=O) groups excluding carboxylic acids is 1. The van der Waals surface area contributed by atoms with Crippen molar-refractivity contribution in [1.82, 2.24) is 24.8 Å². The summed E-state index contributed by atoms with van der Waals surface area (Å²) in [6.45, 7) is 8.53. The van der Waals surface area contributed by atoms with Gasteiger partial charge >= 0.3 is 12.1 Å². The first-order chi connectivity index (χ1) is 18.0. The zero-order valence-electron chi connectivity index (χ0n) is 22.3. The molecule has 0 spiro atoms. The molecule has 0 aromatic carbocycles. The second-order valence-electron chi connectivity index (χ2n) is 11.5. The number of rotatable bonds is 2. The summed E-state index contributed by atoms with van der Waals surface area (Å²) in [4.78, 5) is 31.3. The molecule has 2 aromatic heterocycles. The average molecular weight is 553 g/mol. The van der Waals surface area contributed by atoms with Crippen LogP contribution >= 0.6 is 11.6 Å². The summed E-state index contributed by atoms with van der Waals surface area (Å²) in [5.74, 6) is -0.183. The zero-order valence-corrected chi connectivity index (χ0v) is 23.0. The van der Waals surface area contributed by atoms with Gasteiger partial charge in [-0.3, -0.25) is 9.80 Å². The van der Waals surface area contributed by atoms with Crippen molar-refractivity contribution in [2.24, 2.45) is 0 Å². The maximum atomic E-state index is 14.5. The van der Waals surface area contributed by atoms with Crippen LogP contribution in [0.25, 0.3) is 10.9 Å². The van der Waals surface area contributed by atoms with Crippen LogP contribution in [0.4, 0.5) is 19.4 Å². The van der Waals surface area contributed by atoms with Crippen molar-refractivity contribution in [2.45, 2.75) is 82.8 Å². The van der Waals surface area contributed by atoms with Crippen LogP contribution in [0.2, 0.25) is 5.15 Å². The Balaban J connectivity index is 0.000000273. The van der Waals surface area contributed by atoms with Crippen molar-refractivity contribution in [2.75, 3.05) is 38.2 Å². The molecule has 4 aliphatic heterocycles. The molecule has 4 atom stereocenters. The van der Waals surface area contributed by atoms with Gasteiger partial charge in [-0.1, -0.05) is 11.6 Å². The lowest BCUT2D eigenvalue weighted by atomic mass is 10.1. The smallest absolute Gasteiger partial charge is 0.410 e. The van der Waals surface area contributed by atoms with E-state index in [1.165, 1.54) is 26.1 Å². The summed E-state index contributed by atoms with van der Waals surface area (Å²) in [5.41, 5.74) is -0.486. The maximum Gasteiger partial charge on any atom is 0.410 e. The number of carbonyl (C=O) groups is 1. The number of methoxy groups -OCH3 is 1. The van der Waals surface area contributed by atoms with Gasteiger partial charge in [0.05, 0.1) is 24.6 Å². The fraction of sp³-hybridized carbons (Fsp3) is 0.692. The predicted octanol–water partition coefficient (Wildman–Crippen LogP) is 4.61. The van der Waals surface area contributed by atoms with Crippen LogP contribution in [0.1, 0.15) is 52.9 Å². The summed E-state index contributed by atoms with van der Waals surface area (Å²) in [6, 6.07) is 0.644. The van der Waals surface area contributed by atoms with Gasteiger partial charge in [-0.2, -0.15) is 9.97 Å². The van der Waals surface area contributed by atoms with E-state index in [0.29, 0.717) is 36.9 Å². The summed E-state index contributed by atoms with van der Waals surface area (Å²) in [5, 5.41) is 0.205. The van der Waals surface area contributed by atoms with E-state index in [1.807, 2.05) is 30.6 Å². The van der Waals surface area contributed by atoms with Crippen LogP contribution in [0.3, 0.4) is 0 Å². The van der Waals surface area contributed by atoms with Crippen molar-refractivity contribution >= 4 is 34.4 Å². The Labute approximate surface area is 226 Å². The number of amides is 1. The third kappa shape index (κ3) is 5.45. The van der Waals surface area contributed by atoms with Crippen LogP contribution in [-0.4, -0.2) is 94.0 Å². The Morgan fingerprint density at radius 3 is 2.45 bits per heavy atom. The Hall–Kier alpha value is -2.53. The first-order valence-electron chi connectivity index (χ1n) is 13.2. The number of nitrogens with zero attached hydrogens (tertiary/aromatic N) is 6. The third-order valence-electron chi connectivity index (χ3n) is 7.63. The summed E-state index contributed by atoms with van der Waals surface area (Å²) < 4.78 is 37.9. The molecule has 9 nitrogen and oxygen atoms in total. The van der Waals surface area contributed by atoms with Crippen molar-refractivity contribution in [1.29, 1.82) is 0 Å². The number of aromatic nitrogens is 3. The molecule has 2 bridgehead atoms. The molecule has 0 N–H and O–H groups in total. The molecule has 4 unspecified atom stereocenters. The molecule has 4 fully saturated rings. The Morgan fingerprint density at radius 1 is 1.11 bits per heavy atom. The molecule has 208 valence electrons. The monoisotopic (exact) mass is 552 g/mol. The standard InChI is InChI=1S/C19H23ClFN5O3.C7H12FN/c1-19(2,3)29-18(27)26-10-5-6-11(26)9-25(8-10)16-12-7-22-15(20)13(21)14(12)23-17(24-16)28-4;8-6-4-7-2-1-3-9(7)5-6/h7,10-11H,5-6,8-9H2,1-4H3;6-7H,1-5H2. The van der Waals surface area contributed by atoms with Crippen molar-refractivity contribution in [3.8, 4) is 6.01 Å². The van der Waals surface area contributed by atoms with Crippen LogP contribution in [0.5, 0.6) is 6.01 Å². The minimum atomic E-state index is -0.707. The van der Waals surface area contributed by atoms with E-state index in [9.17, 15) is 13.6 Å². The number of alkyl halides is 1. The normalized spacial score (nSPS) is 26.8. The summed E-state index contributed by atoms with van der Waals surface area (Å²) >= 11 is 5.83. The topological polar surface area (TPSA) is 83.9 Å². The van der Waals surface area contributed by atoms with Crippen LogP contribution in [-0.2, 0) is 4.74 Å². The number of fused-ring (bicyclic) bond motifs is 4. The zero-order chi connectivity index (χ0) is 27.2. The van der Waals surface area contributed by atoms with Crippen molar-refractivity contribution in [3.63, 3.8) is 0 Å². The molecule has 4 aliphatic rings. The van der Waals surface area contributed by atoms with Gasteiger partial charge in [-0.15, -0.1) is 0 Å².